The van der Waals surface area contributed by atoms with E-state index >= 15 is 0 Å². The molecule has 1 aromatic heterocycles. The zero-order chi connectivity index (χ0) is 17.9. The first-order chi connectivity index (χ1) is 11.4. The van der Waals surface area contributed by atoms with Crippen molar-refractivity contribution in [3.05, 3.63) is 22.5 Å². The van der Waals surface area contributed by atoms with Gasteiger partial charge in [-0.1, -0.05) is 6.92 Å². The van der Waals surface area contributed by atoms with E-state index in [1.807, 2.05) is 5.32 Å². The predicted octanol–water partition coefficient (Wildman–Crippen LogP) is -1.05. The molecule has 1 aliphatic heterocycles. The van der Waals surface area contributed by atoms with Crippen LogP contribution in [0.15, 0.2) is 11.0 Å². The number of carbonyl (C=O) groups is 1. The van der Waals surface area contributed by atoms with Crippen LogP contribution < -0.4 is 11.0 Å². The lowest BCUT2D eigenvalue weighted by atomic mass is 10.1. The molecule has 0 bridgehead atoms. The van der Waals surface area contributed by atoms with Crippen molar-refractivity contribution >= 4 is 11.9 Å². The van der Waals surface area contributed by atoms with Gasteiger partial charge in [0, 0.05) is 0 Å². The van der Waals surface area contributed by atoms with Gasteiger partial charge in [0.25, 0.3) is 0 Å². The molecular weight excluding hydrogens is 329 g/mol. The van der Waals surface area contributed by atoms with Crippen LogP contribution in [-0.4, -0.2) is 62.5 Å². The Hall–Kier alpha value is -2.08. The van der Waals surface area contributed by atoms with Crippen molar-refractivity contribution in [3.63, 3.8) is 0 Å². The third-order valence-electron chi connectivity index (χ3n) is 3.36. The second kappa shape index (κ2) is 7.66. The zero-order valence-electron chi connectivity index (χ0n) is 12.8. The quantitative estimate of drug-likeness (QED) is 0.528. The molecule has 0 aliphatic carbocycles. The Morgan fingerprint density at radius 3 is 2.79 bits per heavy atom. The maximum Gasteiger partial charge on any atom is 0.412 e. The Labute approximate surface area is 135 Å². The average molecular weight is 347 g/mol. The molecule has 0 radical (unpaired) electrons. The minimum absolute atomic E-state index is 0.118. The SMILES string of the molecule is CCCOC(=O)Nc1nc(=O)n([C@@H]2O[C@H](CO)[C@@H](O)[C@H]2O)cc1F. The molecule has 1 aromatic rings. The molecular formula is C13H18FN3O7. The third-order valence-corrected chi connectivity index (χ3v) is 3.36. The lowest BCUT2D eigenvalue weighted by Gasteiger charge is -2.17. The van der Waals surface area contributed by atoms with Crippen molar-refractivity contribution in [1.82, 2.24) is 9.55 Å². The summed E-state index contributed by atoms with van der Waals surface area (Å²) in [5.74, 6) is -1.70. The lowest BCUT2D eigenvalue weighted by Crippen LogP contribution is -2.36. The molecule has 0 unspecified atom stereocenters. The van der Waals surface area contributed by atoms with Crippen LogP contribution in [0.5, 0.6) is 0 Å². The van der Waals surface area contributed by atoms with Gasteiger partial charge >= 0.3 is 11.8 Å². The van der Waals surface area contributed by atoms with Gasteiger partial charge in [-0.15, -0.1) is 0 Å². The highest BCUT2D eigenvalue weighted by Gasteiger charge is 2.44. The van der Waals surface area contributed by atoms with Gasteiger partial charge in [-0.2, -0.15) is 4.98 Å². The molecule has 11 heteroatoms. The van der Waals surface area contributed by atoms with E-state index in [2.05, 4.69) is 9.72 Å². The molecule has 1 fully saturated rings. The van der Waals surface area contributed by atoms with Crippen LogP contribution in [0, 0.1) is 5.82 Å². The summed E-state index contributed by atoms with van der Waals surface area (Å²) in [6.07, 6.45) is -5.28. The van der Waals surface area contributed by atoms with E-state index in [-0.39, 0.29) is 6.61 Å². The van der Waals surface area contributed by atoms with E-state index in [4.69, 9.17) is 9.84 Å². The maximum absolute atomic E-state index is 14.0. The van der Waals surface area contributed by atoms with Gasteiger partial charge in [0.2, 0.25) is 0 Å². The fourth-order valence-electron chi connectivity index (χ4n) is 2.15. The highest BCUT2D eigenvalue weighted by Crippen LogP contribution is 2.28. The number of rotatable bonds is 5. The normalized spacial score (nSPS) is 26.4. The summed E-state index contributed by atoms with van der Waals surface area (Å²) in [4.78, 5) is 26.7. The number of anilines is 1. The summed E-state index contributed by atoms with van der Waals surface area (Å²) >= 11 is 0. The number of halogens is 1. The number of amides is 1. The molecule has 0 spiro atoms. The maximum atomic E-state index is 14.0. The lowest BCUT2D eigenvalue weighted by molar-refractivity contribution is -0.0553. The van der Waals surface area contributed by atoms with E-state index < -0.39 is 54.6 Å². The smallest absolute Gasteiger partial charge is 0.412 e. The summed E-state index contributed by atoms with van der Waals surface area (Å²) < 4.78 is 24.5. The van der Waals surface area contributed by atoms with Crippen molar-refractivity contribution in [1.29, 1.82) is 0 Å². The molecule has 1 aliphatic rings. The Morgan fingerprint density at radius 2 is 2.21 bits per heavy atom. The molecule has 2 heterocycles. The van der Waals surface area contributed by atoms with Crippen LogP contribution in [0.25, 0.3) is 0 Å². The predicted molar refractivity (Wildman–Crippen MR) is 76.7 cm³/mol. The standard InChI is InChI=1S/C13H18FN3O7/c1-2-3-23-13(22)16-10-6(14)4-17(12(21)15-10)11-9(20)8(19)7(5-18)24-11/h4,7-9,11,18-20H,2-3,5H2,1H3,(H,15,16,21,22)/t7-,8-,9-,11-/m1/s1. The highest BCUT2D eigenvalue weighted by atomic mass is 19.1. The first kappa shape index (κ1) is 18.3. The largest absolute Gasteiger partial charge is 0.449 e. The van der Waals surface area contributed by atoms with Gasteiger partial charge in [-0.25, -0.2) is 14.0 Å². The summed E-state index contributed by atoms with van der Waals surface area (Å²) in [7, 11) is 0. The van der Waals surface area contributed by atoms with Crippen LogP contribution in [0.4, 0.5) is 15.0 Å². The molecule has 134 valence electrons. The highest BCUT2D eigenvalue weighted by molar-refractivity contribution is 5.83. The molecule has 1 saturated heterocycles. The third kappa shape index (κ3) is 3.70. The molecule has 4 atom stereocenters. The number of hydrogen-bond donors (Lipinski definition) is 4. The summed E-state index contributed by atoms with van der Waals surface area (Å²) in [6.45, 7) is 1.30. The Kier molecular flexibility index (Phi) is 5.83. The fourth-order valence-corrected chi connectivity index (χ4v) is 2.15. The average Bonchev–Trinajstić information content (AvgIpc) is 2.84. The van der Waals surface area contributed by atoms with Gasteiger partial charge in [-0.3, -0.25) is 9.88 Å². The molecule has 1 amide bonds. The van der Waals surface area contributed by atoms with Crippen molar-refractivity contribution in [2.45, 2.75) is 37.9 Å². The van der Waals surface area contributed by atoms with Gasteiger partial charge in [0.1, 0.15) is 18.3 Å². The van der Waals surface area contributed by atoms with E-state index in [9.17, 15) is 24.2 Å². The summed E-state index contributed by atoms with van der Waals surface area (Å²) in [6, 6.07) is 0. The van der Waals surface area contributed by atoms with Crippen molar-refractivity contribution in [2.24, 2.45) is 0 Å². The topological polar surface area (TPSA) is 143 Å². The second-order valence-electron chi connectivity index (χ2n) is 5.12. The van der Waals surface area contributed by atoms with E-state index in [1.54, 1.807) is 6.92 Å². The van der Waals surface area contributed by atoms with Gasteiger partial charge in [-0.05, 0) is 6.42 Å². The molecule has 24 heavy (non-hydrogen) atoms. The number of aliphatic hydroxyl groups is 3. The zero-order valence-corrected chi connectivity index (χ0v) is 12.8. The van der Waals surface area contributed by atoms with Crippen LogP contribution >= 0.6 is 0 Å². The van der Waals surface area contributed by atoms with E-state index in [0.717, 1.165) is 0 Å². The molecule has 0 aromatic carbocycles. The minimum Gasteiger partial charge on any atom is -0.449 e. The van der Waals surface area contributed by atoms with Gasteiger partial charge < -0.3 is 24.8 Å². The molecule has 0 saturated carbocycles. The summed E-state index contributed by atoms with van der Waals surface area (Å²) in [5.41, 5.74) is -1.03. The Bertz CT molecular complexity index is 653. The van der Waals surface area contributed by atoms with Crippen LogP contribution in [0.2, 0.25) is 0 Å². The first-order valence-corrected chi connectivity index (χ1v) is 7.24. The van der Waals surface area contributed by atoms with Crippen molar-refractivity contribution < 1.29 is 34.0 Å². The number of aliphatic hydroxyl groups excluding tert-OH is 3. The second-order valence-corrected chi connectivity index (χ2v) is 5.12. The van der Waals surface area contributed by atoms with Crippen LogP contribution in [0.3, 0.4) is 0 Å². The number of hydrogen-bond acceptors (Lipinski definition) is 8. The number of nitrogens with one attached hydrogen (secondary N) is 1. The Balaban J connectivity index is 2.21. The minimum atomic E-state index is -1.56. The van der Waals surface area contributed by atoms with Crippen LogP contribution in [0.1, 0.15) is 19.6 Å². The Morgan fingerprint density at radius 1 is 1.50 bits per heavy atom. The number of aromatic nitrogens is 2. The van der Waals surface area contributed by atoms with Crippen molar-refractivity contribution in [2.75, 3.05) is 18.5 Å². The van der Waals surface area contributed by atoms with Gasteiger partial charge in [0.15, 0.2) is 17.9 Å². The summed E-state index contributed by atoms with van der Waals surface area (Å²) in [5, 5.41) is 30.5. The molecule has 10 nitrogen and oxygen atoms in total. The number of ether oxygens (including phenoxy) is 2. The first-order valence-electron chi connectivity index (χ1n) is 7.24. The van der Waals surface area contributed by atoms with Crippen LogP contribution in [-0.2, 0) is 9.47 Å². The number of carbonyl (C=O) groups excluding carboxylic acids is 1. The van der Waals surface area contributed by atoms with Gasteiger partial charge in [0.05, 0.1) is 19.4 Å². The monoisotopic (exact) mass is 347 g/mol. The molecule has 4 N–H and O–H groups in total. The molecule has 2 rings (SSSR count). The van der Waals surface area contributed by atoms with E-state index in [0.29, 0.717) is 17.2 Å². The van der Waals surface area contributed by atoms with Crippen molar-refractivity contribution in [3.8, 4) is 0 Å². The van der Waals surface area contributed by atoms with E-state index in [1.165, 1.54) is 0 Å². The number of nitrogens with zero attached hydrogens (tertiary/aromatic N) is 2. The fraction of sp³-hybridized carbons (Fsp3) is 0.615.